The summed E-state index contributed by atoms with van der Waals surface area (Å²) in [4.78, 5) is 4.59. The lowest BCUT2D eigenvalue weighted by molar-refractivity contribution is 0.222. The zero-order chi connectivity index (χ0) is 19.8. The summed E-state index contributed by atoms with van der Waals surface area (Å²) in [6.07, 6.45) is -0.639. The molecule has 2 N–H and O–H groups in total. The molecule has 5 rings (SSSR count). The number of nitrogens with zero attached hydrogens (tertiary/aromatic N) is 3. The Hall–Kier alpha value is -3.32. The third-order valence-corrected chi connectivity index (χ3v) is 5.54. The van der Waals surface area contributed by atoms with Crippen molar-refractivity contribution >= 4 is 28.2 Å². The molecule has 0 saturated carbocycles. The molecule has 29 heavy (non-hydrogen) atoms. The number of aromatic nitrogens is 3. The van der Waals surface area contributed by atoms with Crippen LogP contribution in [0, 0.1) is 0 Å². The van der Waals surface area contributed by atoms with Crippen LogP contribution in [0.5, 0.6) is 11.6 Å². The standard InChI is InChI=1S/C22H18N4O2S/c1-2-29-22-24-21-19(25-26-22)15-9-5-6-10-16(15)23-20(28-21)18-14-8-4-3-7-13(14)11-12-17(18)27/h3-12,20,23,27H,2H2,1H3. The predicted molar refractivity (Wildman–Crippen MR) is 114 cm³/mol. The Morgan fingerprint density at radius 2 is 1.86 bits per heavy atom. The quantitative estimate of drug-likeness (QED) is 0.466. The number of nitrogens with one attached hydrogen (secondary N) is 1. The van der Waals surface area contributed by atoms with Crippen molar-refractivity contribution in [3.05, 3.63) is 66.2 Å². The molecule has 1 unspecified atom stereocenters. The molecular formula is C22H18N4O2S. The number of benzene rings is 3. The lowest BCUT2D eigenvalue weighted by atomic mass is 10.0. The largest absolute Gasteiger partial charge is 0.507 e. The van der Waals surface area contributed by atoms with Crippen LogP contribution in [0.15, 0.2) is 65.8 Å². The van der Waals surface area contributed by atoms with Gasteiger partial charge in [-0.1, -0.05) is 67.2 Å². The molecule has 0 aliphatic carbocycles. The molecule has 0 radical (unpaired) electrons. The van der Waals surface area contributed by atoms with Gasteiger partial charge in [0.15, 0.2) is 5.69 Å². The van der Waals surface area contributed by atoms with E-state index in [1.54, 1.807) is 6.07 Å². The number of hydrogen-bond acceptors (Lipinski definition) is 7. The van der Waals surface area contributed by atoms with Crippen molar-refractivity contribution in [1.82, 2.24) is 15.2 Å². The van der Waals surface area contributed by atoms with Gasteiger partial charge in [0.1, 0.15) is 5.75 Å². The SMILES string of the molecule is CCSc1nnc2c(n1)OC(c1c(O)ccc3ccccc13)Nc1ccccc1-2. The number of anilines is 1. The van der Waals surface area contributed by atoms with Gasteiger partial charge in [0, 0.05) is 11.3 Å². The highest BCUT2D eigenvalue weighted by atomic mass is 32.2. The predicted octanol–water partition coefficient (Wildman–Crippen LogP) is 5.01. The van der Waals surface area contributed by atoms with E-state index in [-0.39, 0.29) is 5.75 Å². The molecule has 1 aliphatic heterocycles. The van der Waals surface area contributed by atoms with Gasteiger partial charge in [-0.15, -0.1) is 10.2 Å². The van der Waals surface area contributed by atoms with Crippen LogP contribution in [0.3, 0.4) is 0 Å². The first-order chi connectivity index (χ1) is 14.2. The molecule has 1 aromatic heterocycles. The number of rotatable bonds is 3. The number of fused-ring (bicyclic) bond motifs is 4. The van der Waals surface area contributed by atoms with Crippen LogP contribution in [0.4, 0.5) is 5.69 Å². The van der Waals surface area contributed by atoms with E-state index in [1.165, 1.54) is 11.8 Å². The highest BCUT2D eigenvalue weighted by Crippen LogP contribution is 2.42. The molecule has 0 saturated heterocycles. The van der Waals surface area contributed by atoms with Gasteiger partial charge in [0.05, 0.1) is 5.56 Å². The molecule has 1 atom stereocenters. The van der Waals surface area contributed by atoms with Crippen LogP contribution in [-0.4, -0.2) is 26.0 Å². The van der Waals surface area contributed by atoms with Gasteiger partial charge in [-0.05, 0) is 28.7 Å². The van der Waals surface area contributed by atoms with E-state index in [0.717, 1.165) is 27.8 Å². The molecule has 6 nitrogen and oxygen atoms in total. The molecule has 144 valence electrons. The number of hydrogen-bond donors (Lipinski definition) is 2. The highest BCUT2D eigenvalue weighted by Gasteiger charge is 2.28. The Balaban J connectivity index is 1.71. The summed E-state index contributed by atoms with van der Waals surface area (Å²) in [6.45, 7) is 2.04. The molecule has 0 fully saturated rings. The Kier molecular flexibility index (Phi) is 4.44. The summed E-state index contributed by atoms with van der Waals surface area (Å²) in [5, 5.41) is 25.2. The molecular weight excluding hydrogens is 384 g/mol. The van der Waals surface area contributed by atoms with E-state index in [1.807, 2.05) is 61.5 Å². The minimum Gasteiger partial charge on any atom is -0.507 e. The molecule has 4 aromatic rings. The summed E-state index contributed by atoms with van der Waals surface area (Å²) < 4.78 is 6.30. The average molecular weight is 402 g/mol. The fourth-order valence-electron chi connectivity index (χ4n) is 3.53. The number of para-hydroxylation sites is 1. The second kappa shape index (κ2) is 7.25. The molecule has 1 aliphatic rings. The minimum absolute atomic E-state index is 0.160. The van der Waals surface area contributed by atoms with Crippen LogP contribution in [0.25, 0.3) is 22.0 Å². The van der Waals surface area contributed by atoms with E-state index in [0.29, 0.717) is 22.3 Å². The highest BCUT2D eigenvalue weighted by molar-refractivity contribution is 7.99. The third-order valence-electron chi connectivity index (χ3n) is 4.82. The van der Waals surface area contributed by atoms with E-state index >= 15 is 0 Å². The van der Waals surface area contributed by atoms with Gasteiger partial charge >= 0.3 is 0 Å². The van der Waals surface area contributed by atoms with Crippen molar-refractivity contribution < 1.29 is 9.84 Å². The van der Waals surface area contributed by atoms with Gasteiger partial charge in [0.2, 0.25) is 17.3 Å². The molecule has 0 spiro atoms. The second-order valence-electron chi connectivity index (χ2n) is 6.59. The number of phenols is 1. The Morgan fingerprint density at radius 3 is 2.76 bits per heavy atom. The van der Waals surface area contributed by atoms with Gasteiger partial charge in [-0.25, -0.2) is 0 Å². The van der Waals surface area contributed by atoms with Crippen molar-refractivity contribution in [2.24, 2.45) is 0 Å². The van der Waals surface area contributed by atoms with Gasteiger partial charge < -0.3 is 15.2 Å². The van der Waals surface area contributed by atoms with E-state index < -0.39 is 6.23 Å². The van der Waals surface area contributed by atoms with Crippen LogP contribution in [0.2, 0.25) is 0 Å². The topological polar surface area (TPSA) is 80.2 Å². The fourth-order valence-corrected chi connectivity index (χ4v) is 4.03. The first-order valence-electron chi connectivity index (χ1n) is 9.35. The van der Waals surface area contributed by atoms with Gasteiger partial charge in [-0.3, -0.25) is 0 Å². The van der Waals surface area contributed by atoms with E-state index in [9.17, 15) is 5.11 Å². The normalized spacial score (nSPS) is 15.0. The van der Waals surface area contributed by atoms with Crippen LogP contribution < -0.4 is 10.1 Å². The van der Waals surface area contributed by atoms with Crippen LogP contribution in [-0.2, 0) is 0 Å². The molecule has 3 aromatic carbocycles. The maximum Gasteiger partial charge on any atom is 0.247 e. The first kappa shape index (κ1) is 17.8. The average Bonchev–Trinajstić information content (AvgIpc) is 2.90. The summed E-state index contributed by atoms with van der Waals surface area (Å²) in [5.74, 6) is 1.39. The lowest BCUT2D eigenvalue weighted by Gasteiger charge is -2.22. The number of aromatic hydroxyl groups is 1. The van der Waals surface area contributed by atoms with E-state index in [4.69, 9.17) is 4.74 Å². The number of phenolic OH excluding ortho intramolecular Hbond substituents is 1. The van der Waals surface area contributed by atoms with E-state index in [2.05, 4.69) is 20.5 Å². The Morgan fingerprint density at radius 1 is 1.03 bits per heavy atom. The lowest BCUT2D eigenvalue weighted by Crippen LogP contribution is -2.17. The van der Waals surface area contributed by atoms with Crippen molar-refractivity contribution in [1.29, 1.82) is 0 Å². The molecule has 0 amide bonds. The van der Waals surface area contributed by atoms with Crippen molar-refractivity contribution in [2.45, 2.75) is 18.3 Å². The van der Waals surface area contributed by atoms with Crippen LogP contribution >= 0.6 is 11.8 Å². The monoisotopic (exact) mass is 402 g/mol. The maximum atomic E-state index is 10.7. The fraction of sp³-hybridized carbons (Fsp3) is 0.136. The van der Waals surface area contributed by atoms with Gasteiger partial charge in [-0.2, -0.15) is 4.98 Å². The van der Waals surface area contributed by atoms with Crippen molar-refractivity contribution in [3.63, 3.8) is 0 Å². The molecule has 2 heterocycles. The second-order valence-corrected chi connectivity index (χ2v) is 7.82. The zero-order valence-electron chi connectivity index (χ0n) is 15.7. The number of ether oxygens (including phenoxy) is 1. The first-order valence-corrected chi connectivity index (χ1v) is 10.3. The Labute approximate surface area is 172 Å². The molecule has 0 bridgehead atoms. The van der Waals surface area contributed by atoms with Crippen molar-refractivity contribution in [2.75, 3.05) is 11.1 Å². The summed E-state index contributed by atoms with van der Waals surface area (Å²) in [7, 11) is 0. The molecule has 7 heteroatoms. The van der Waals surface area contributed by atoms with Crippen LogP contribution in [0.1, 0.15) is 18.7 Å². The summed E-state index contributed by atoms with van der Waals surface area (Å²) in [5.41, 5.74) is 2.94. The number of thioether (sulfide) groups is 1. The van der Waals surface area contributed by atoms with Crippen molar-refractivity contribution in [3.8, 4) is 22.9 Å². The Bertz CT molecular complexity index is 1210. The third kappa shape index (κ3) is 3.13. The minimum atomic E-state index is -0.639. The summed E-state index contributed by atoms with van der Waals surface area (Å²) in [6, 6.07) is 19.3. The zero-order valence-corrected chi connectivity index (χ0v) is 16.5. The smallest absolute Gasteiger partial charge is 0.247 e. The van der Waals surface area contributed by atoms with Gasteiger partial charge in [0.25, 0.3) is 0 Å². The maximum absolute atomic E-state index is 10.7. The summed E-state index contributed by atoms with van der Waals surface area (Å²) >= 11 is 1.50.